The lowest BCUT2D eigenvalue weighted by molar-refractivity contribution is -0.385. The normalized spacial score (nSPS) is 11.4. The maximum absolute atomic E-state index is 10.9. The molecule has 0 spiro atoms. The van der Waals surface area contributed by atoms with E-state index in [1.54, 1.807) is 30.5 Å². The Balaban J connectivity index is 2.35. The van der Waals surface area contributed by atoms with Gasteiger partial charge in [-0.3, -0.25) is 10.1 Å². The summed E-state index contributed by atoms with van der Waals surface area (Å²) in [6.45, 7) is 5.77. The summed E-state index contributed by atoms with van der Waals surface area (Å²) >= 11 is 4.95. The standard InChI is InChI=1S/C13H14BrN3O2S/c1-8-6-10(9(14)7-11(8)17(18)19)16-13(2,3)12-15-4-5-20-12/h4-7,16H,1-3H3. The van der Waals surface area contributed by atoms with E-state index in [-0.39, 0.29) is 16.1 Å². The van der Waals surface area contributed by atoms with Crippen LogP contribution in [0.4, 0.5) is 11.4 Å². The van der Waals surface area contributed by atoms with E-state index in [2.05, 4.69) is 26.2 Å². The number of aromatic nitrogens is 1. The van der Waals surface area contributed by atoms with Crippen LogP contribution in [0.2, 0.25) is 0 Å². The lowest BCUT2D eigenvalue weighted by atomic mass is 10.1. The number of thiazole rings is 1. The molecule has 0 saturated heterocycles. The number of halogens is 1. The van der Waals surface area contributed by atoms with Crippen LogP contribution in [-0.4, -0.2) is 9.91 Å². The van der Waals surface area contributed by atoms with E-state index in [0.717, 1.165) is 10.7 Å². The molecule has 0 unspecified atom stereocenters. The second-order valence-corrected chi connectivity index (χ2v) is 6.71. The van der Waals surface area contributed by atoms with E-state index in [0.29, 0.717) is 10.0 Å². The van der Waals surface area contributed by atoms with E-state index in [1.807, 2.05) is 19.2 Å². The van der Waals surface area contributed by atoms with Crippen molar-refractivity contribution in [1.29, 1.82) is 0 Å². The SMILES string of the molecule is Cc1cc(NC(C)(C)c2nccs2)c(Br)cc1[N+](=O)[O-]. The molecule has 0 aliphatic heterocycles. The van der Waals surface area contributed by atoms with Gasteiger partial charge in [-0.1, -0.05) is 0 Å². The van der Waals surface area contributed by atoms with Crippen molar-refractivity contribution in [3.63, 3.8) is 0 Å². The molecule has 0 aliphatic carbocycles. The first-order chi connectivity index (χ1) is 9.31. The third kappa shape index (κ3) is 2.99. The Morgan fingerprint density at radius 2 is 2.15 bits per heavy atom. The molecule has 1 heterocycles. The molecule has 0 amide bonds. The van der Waals surface area contributed by atoms with Gasteiger partial charge >= 0.3 is 0 Å². The third-order valence-electron chi connectivity index (χ3n) is 2.90. The van der Waals surface area contributed by atoms with Crippen molar-refractivity contribution in [2.75, 3.05) is 5.32 Å². The number of nitrogens with zero attached hydrogens (tertiary/aromatic N) is 2. The zero-order valence-corrected chi connectivity index (χ0v) is 13.7. The van der Waals surface area contributed by atoms with Crippen molar-refractivity contribution in [2.45, 2.75) is 26.3 Å². The van der Waals surface area contributed by atoms with Gasteiger partial charge in [-0.15, -0.1) is 11.3 Å². The zero-order valence-electron chi connectivity index (χ0n) is 11.3. The summed E-state index contributed by atoms with van der Waals surface area (Å²) in [7, 11) is 0. The molecule has 2 aromatic rings. The second kappa shape index (κ2) is 5.49. The Kier molecular flexibility index (Phi) is 4.10. The van der Waals surface area contributed by atoms with Gasteiger partial charge in [-0.05, 0) is 42.8 Å². The van der Waals surface area contributed by atoms with Gasteiger partial charge in [0, 0.05) is 33.4 Å². The van der Waals surface area contributed by atoms with Crippen LogP contribution in [0.1, 0.15) is 24.4 Å². The van der Waals surface area contributed by atoms with Crippen molar-refractivity contribution >= 4 is 38.6 Å². The highest BCUT2D eigenvalue weighted by Crippen LogP contribution is 2.35. The predicted octanol–water partition coefficient (Wildman–Crippen LogP) is 4.47. The van der Waals surface area contributed by atoms with Crippen LogP contribution in [0, 0.1) is 17.0 Å². The first-order valence-corrected chi connectivity index (χ1v) is 7.61. The van der Waals surface area contributed by atoms with E-state index < -0.39 is 0 Å². The molecular formula is C13H14BrN3O2S. The number of nitro benzene ring substituents is 1. The van der Waals surface area contributed by atoms with Crippen LogP contribution in [0.3, 0.4) is 0 Å². The minimum Gasteiger partial charge on any atom is -0.373 e. The molecule has 0 bridgehead atoms. The van der Waals surface area contributed by atoms with Crippen LogP contribution >= 0.6 is 27.3 Å². The van der Waals surface area contributed by atoms with Gasteiger partial charge in [0.25, 0.3) is 5.69 Å². The number of anilines is 1. The summed E-state index contributed by atoms with van der Waals surface area (Å²) in [5.74, 6) is 0. The van der Waals surface area contributed by atoms with Crippen molar-refractivity contribution in [2.24, 2.45) is 0 Å². The molecule has 20 heavy (non-hydrogen) atoms. The number of benzene rings is 1. The summed E-state index contributed by atoms with van der Waals surface area (Å²) < 4.78 is 0.666. The summed E-state index contributed by atoms with van der Waals surface area (Å²) in [6.07, 6.45) is 1.76. The maximum atomic E-state index is 10.9. The lowest BCUT2D eigenvalue weighted by Crippen LogP contribution is -2.28. The quantitative estimate of drug-likeness (QED) is 0.648. The Morgan fingerprint density at radius 3 is 2.70 bits per heavy atom. The highest BCUT2D eigenvalue weighted by Gasteiger charge is 2.25. The van der Waals surface area contributed by atoms with Crippen molar-refractivity contribution in [1.82, 2.24) is 4.98 Å². The maximum Gasteiger partial charge on any atom is 0.273 e. The highest BCUT2D eigenvalue weighted by molar-refractivity contribution is 9.10. The number of nitrogens with one attached hydrogen (secondary N) is 1. The van der Waals surface area contributed by atoms with Crippen molar-refractivity contribution in [3.8, 4) is 0 Å². The predicted molar refractivity (Wildman–Crippen MR) is 84.3 cm³/mol. The average Bonchev–Trinajstić information content (AvgIpc) is 2.87. The molecule has 0 aliphatic rings. The topological polar surface area (TPSA) is 68.1 Å². The van der Waals surface area contributed by atoms with Gasteiger partial charge < -0.3 is 5.32 Å². The van der Waals surface area contributed by atoms with Gasteiger partial charge in [0.15, 0.2) is 0 Å². The lowest BCUT2D eigenvalue weighted by Gasteiger charge is -2.26. The fourth-order valence-corrected chi connectivity index (χ4v) is 3.03. The number of aryl methyl sites for hydroxylation is 1. The van der Waals surface area contributed by atoms with Crippen LogP contribution in [0.5, 0.6) is 0 Å². The number of rotatable bonds is 4. The van der Waals surface area contributed by atoms with Gasteiger partial charge in [0.2, 0.25) is 0 Å². The highest BCUT2D eigenvalue weighted by atomic mass is 79.9. The fourth-order valence-electron chi connectivity index (χ4n) is 1.89. The van der Waals surface area contributed by atoms with E-state index in [9.17, 15) is 10.1 Å². The monoisotopic (exact) mass is 355 g/mol. The van der Waals surface area contributed by atoms with Gasteiger partial charge in [0.1, 0.15) is 5.01 Å². The Labute approximate surface area is 129 Å². The van der Waals surface area contributed by atoms with E-state index in [1.165, 1.54) is 6.07 Å². The number of hydrogen-bond acceptors (Lipinski definition) is 5. The Bertz CT molecular complexity index is 641. The molecule has 0 radical (unpaired) electrons. The first kappa shape index (κ1) is 14.9. The molecular weight excluding hydrogens is 342 g/mol. The van der Waals surface area contributed by atoms with Gasteiger partial charge in [-0.25, -0.2) is 4.98 Å². The molecule has 7 heteroatoms. The zero-order chi connectivity index (χ0) is 14.9. The largest absolute Gasteiger partial charge is 0.373 e. The third-order valence-corrected chi connectivity index (χ3v) is 4.65. The molecule has 5 nitrogen and oxygen atoms in total. The molecule has 106 valence electrons. The Hall–Kier alpha value is -1.47. The van der Waals surface area contributed by atoms with Crippen molar-refractivity contribution < 1.29 is 4.92 Å². The minimum absolute atomic E-state index is 0.106. The molecule has 0 saturated carbocycles. The number of nitro groups is 1. The average molecular weight is 356 g/mol. The molecule has 1 aromatic heterocycles. The second-order valence-electron chi connectivity index (χ2n) is 4.96. The van der Waals surface area contributed by atoms with Crippen LogP contribution in [-0.2, 0) is 5.54 Å². The Morgan fingerprint density at radius 1 is 1.45 bits per heavy atom. The molecule has 0 atom stereocenters. The fraction of sp³-hybridized carbons (Fsp3) is 0.308. The summed E-state index contributed by atoms with van der Waals surface area (Å²) in [6, 6.07) is 3.30. The summed E-state index contributed by atoms with van der Waals surface area (Å²) in [5, 5.41) is 17.2. The van der Waals surface area contributed by atoms with Crippen molar-refractivity contribution in [3.05, 3.63) is 48.9 Å². The summed E-state index contributed by atoms with van der Waals surface area (Å²) in [5.41, 5.74) is 1.19. The number of hydrogen-bond donors (Lipinski definition) is 1. The first-order valence-electron chi connectivity index (χ1n) is 5.94. The smallest absolute Gasteiger partial charge is 0.273 e. The molecule has 0 fully saturated rings. The molecule has 1 aromatic carbocycles. The summed E-state index contributed by atoms with van der Waals surface area (Å²) in [4.78, 5) is 14.8. The van der Waals surface area contributed by atoms with E-state index >= 15 is 0 Å². The van der Waals surface area contributed by atoms with Gasteiger partial charge in [0.05, 0.1) is 10.5 Å². The minimum atomic E-state index is -0.379. The van der Waals surface area contributed by atoms with Crippen LogP contribution in [0.15, 0.2) is 28.2 Å². The van der Waals surface area contributed by atoms with E-state index in [4.69, 9.17) is 0 Å². The van der Waals surface area contributed by atoms with Gasteiger partial charge in [-0.2, -0.15) is 0 Å². The molecule has 2 rings (SSSR count). The van der Waals surface area contributed by atoms with Crippen LogP contribution < -0.4 is 5.32 Å². The van der Waals surface area contributed by atoms with Crippen LogP contribution in [0.25, 0.3) is 0 Å². The molecule has 1 N–H and O–H groups in total.